The Hall–Kier alpha value is -4.03. The van der Waals surface area contributed by atoms with Crippen molar-refractivity contribution in [3.05, 3.63) is 76.6 Å². The Balaban J connectivity index is 1.16. The largest absolute Gasteiger partial charge is 0.416 e. The Morgan fingerprint density at radius 1 is 1.12 bits per heavy atom. The van der Waals surface area contributed by atoms with Crippen molar-refractivity contribution in [2.75, 3.05) is 54.9 Å². The average Bonchev–Trinajstić information content (AvgIpc) is 3.80. The summed E-state index contributed by atoms with van der Waals surface area (Å²) in [6.07, 6.45) is -0.457. The Morgan fingerprint density at radius 2 is 1.91 bits per heavy atom. The van der Waals surface area contributed by atoms with E-state index < -0.39 is 23.1 Å². The smallest absolute Gasteiger partial charge is 0.379 e. The Bertz CT molecular complexity index is 1540. The molecule has 0 atom stereocenters. The fraction of sp³-hybridized carbons (Fsp3) is 0.419. The van der Waals surface area contributed by atoms with E-state index in [1.54, 1.807) is 29.3 Å². The quantitative estimate of drug-likeness (QED) is 0.363. The minimum absolute atomic E-state index is 0.0542. The maximum Gasteiger partial charge on any atom is 0.416 e. The number of ether oxygens (including phenoxy) is 1. The third-order valence-corrected chi connectivity index (χ3v) is 8.30. The number of aromatic nitrogens is 2. The van der Waals surface area contributed by atoms with Gasteiger partial charge in [-0.05, 0) is 68.6 Å². The first kappa shape index (κ1) is 29.1. The highest BCUT2D eigenvalue weighted by Crippen LogP contribution is 2.53. The van der Waals surface area contributed by atoms with E-state index in [9.17, 15) is 22.8 Å². The zero-order chi connectivity index (χ0) is 30.2. The molecule has 1 aliphatic carbocycles. The number of fused-ring (bicyclic) bond motifs is 2. The molecule has 12 heteroatoms. The van der Waals surface area contributed by atoms with Gasteiger partial charge in [-0.3, -0.25) is 14.5 Å². The van der Waals surface area contributed by atoms with Crippen LogP contribution in [0.2, 0.25) is 0 Å². The molecule has 3 heterocycles. The number of hydrogen-bond acceptors (Lipinski definition) is 7. The number of aryl methyl sites for hydroxylation is 1. The number of nitrogens with zero attached hydrogens (tertiary/aromatic N) is 4. The van der Waals surface area contributed by atoms with Crippen molar-refractivity contribution in [3.8, 4) is 0 Å². The highest BCUT2D eigenvalue weighted by Gasteiger charge is 2.58. The molecule has 226 valence electrons. The van der Waals surface area contributed by atoms with Crippen LogP contribution in [0.25, 0.3) is 0 Å². The first-order valence-electron chi connectivity index (χ1n) is 14.5. The molecule has 1 spiro atoms. The van der Waals surface area contributed by atoms with Crippen LogP contribution in [-0.4, -0.2) is 66.1 Å². The van der Waals surface area contributed by atoms with Crippen LogP contribution in [-0.2, 0) is 27.7 Å². The van der Waals surface area contributed by atoms with Crippen molar-refractivity contribution >= 4 is 29.1 Å². The monoisotopic (exact) mass is 594 g/mol. The van der Waals surface area contributed by atoms with Crippen LogP contribution in [0.5, 0.6) is 0 Å². The Morgan fingerprint density at radius 3 is 2.65 bits per heavy atom. The van der Waals surface area contributed by atoms with E-state index in [0.717, 1.165) is 74.8 Å². The van der Waals surface area contributed by atoms with E-state index in [1.807, 2.05) is 6.92 Å². The van der Waals surface area contributed by atoms with E-state index in [4.69, 9.17) is 9.72 Å². The Kier molecular flexibility index (Phi) is 7.82. The zero-order valence-electron chi connectivity index (χ0n) is 23.8. The van der Waals surface area contributed by atoms with Crippen LogP contribution in [0.4, 0.5) is 30.5 Å². The summed E-state index contributed by atoms with van der Waals surface area (Å²) in [6, 6.07) is 9.40. The van der Waals surface area contributed by atoms with Gasteiger partial charge in [-0.15, -0.1) is 0 Å². The molecule has 1 aromatic heterocycles. The van der Waals surface area contributed by atoms with Crippen LogP contribution in [0.3, 0.4) is 0 Å². The molecule has 2 amide bonds. The normalized spacial score (nSPS) is 18.0. The lowest BCUT2D eigenvalue weighted by molar-refractivity contribution is -0.137. The predicted molar refractivity (Wildman–Crippen MR) is 155 cm³/mol. The first-order chi connectivity index (χ1) is 20.6. The lowest BCUT2D eigenvalue weighted by Gasteiger charge is -2.34. The van der Waals surface area contributed by atoms with Gasteiger partial charge in [0.2, 0.25) is 11.9 Å². The summed E-state index contributed by atoms with van der Waals surface area (Å²) in [4.78, 5) is 40.1. The highest BCUT2D eigenvalue weighted by atomic mass is 19.4. The number of alkyl halides is 3. The van der Waals surface area contributed by atoms with Crippen LogP contribution >= 0.6 is 0 Å². The molecule has 1 saturated heterocycles. The van der Waals surface area contributed by atoms with Gasteiger partial charge in [-0.25, -0.2) is 9.97 Å². The number of rotatable bonds is 8. The number of morpholine rings is 1. The van der Waals surface area contributed by atoms with Gasteiger partial charge in [0, 0.05) is 48.3 Å². The number of nitrogens with one attached hydrogen (secondary N) is 2. The molecule has 1 saturated carbocycles. The zero-order valence-corrected chi connectivity index (χ0v) is 23.8. The molecule has 2 aliphatic heterocycles. The van der Waals surface area contributed by atoms with Crippen molar-refractivity contribution < 1.29 is 27.5 Å². The average molecular weight is 595 g/mol. The second-order valence-corrected chi connectivity index (χ2v) is 11.3. The third kappa shape index (κ3) is 6.07. The summed E-state index contributed by atoms with van der Waals surface area (Å²) in [7, 11) is 0. The summed E-state index contributed by atoms with van der Waals surface area (Å²) in [5, 5.41) is 5.99. The van der Waals surface area contributed by atoms with Crippen molar-refractivity contribution in [2.24, 2.45) is 0 Å². The number of hydrogen-bond donors (Lipinski definition) is 2. The van der Waals surface area contributed by atoms with Crippen molar-refractivity contribution in [2.45, 2.75) is 44.3 Å². The van der Waals surface area contributed by atoms with Crippen LogP contribution in [0, 0.1) is 6.92 Å². The highest BCUT2D eigenvalue weighted by molar-refractivity contribution is 6.07. The van der Waals surface area contributed by atoms with Gasteiger partial charge >= 0.3 is 6.18 Å². The maximum atomic E-state index is 13.9. The number of halogens is 3. The third-order valence-electron chi connectivity index (χ3n) is 8.30. The summed E-state index contributed by atoms with van der Waals surface area (Å²) < 4.78 is 44.8. The van der Waals surface area contributed by atoms with E-state index >= 15 is 0 Å². The van der Waals surface area contributed by atoms with Gasteiger partial charge in [0.25, 0.3) is 5.91 Å². The fourth-order valence-electron chi connectivity index (χ4n) is 5.74. The van der Waals surface area contributed by atoms with Gasteiger partial charge in [-0.2, -0.15) is 13.2 Å². The first-order valence-corrected chi connectivity index (χ1v) is 14.5. The number of carbonyl (C=O) groups excluding carboxylic acids is 2. The summed E-state index contributed by atoms with van der Waals surface area (Å²) in [5.74, 6) is -0.210. The van der Waals surface area contributed by atoms with Gasteiger partial charge in [0.05, 0.1) is 36.4 Å². The summed E-state index contributed by atoms with van der Waals surface area (Å²) in [5.41, 5.74) is 1.74. The molecule has 0 unspecified atom stereocenters. The summed E-state index contributed by atoms with van der Waals surface area (Å²) >= 11 is 0. The van der Waals surface area contributed by atoms with Gasteiger partial charge in [-0.1, -0.05) is 12.1 Å². The predicted octanol–water partition coefficient (Wildman–Crippen LogP) is 4.77. The molecule has 9 nitrogen and oxygen atoms in total. The number of carbonyl (C=O) groups is 2. The van der Waals surface area contributed by atoms with E-state index in [-0.39, 0.29) is 18.0 Å². The lowest BCUT2D eigenvalue weighted by atomic mass is 9.91. The fourth-order valence-corrected chi connectivity index (χ4v) is 5.74. The molecule has 3 aromatic rings. The number of benzene rings is 2. The van der Waals surface area contributed by atoms with Crippen LogP contribution < -0.4 is 15.5 Å². The second kappa shape index (κ2) is 11.6. The molecule has 43 heavy (non-hydrogen) atoms. The molecular weight excluding hydrogens is 561 g/mol. The molecule has 0 bridgehead atoms. The maximum absolute atomic E-state index is 13.9. The number of amides is 2. The van der Waals surface area contributed by atoms with Gasteiger partial charge in [0.15, 0.2) is 0 Å². The molecule has 2 aromatic carbocycles. The van der Waals surface area contributed by atoms with E-state index in [0.29, 0.717) is 30.2 Å². The molecule has 2 fully saturated rings. The van der Waals surface area contributed by atoms with Crippen LogP contribution in [0.1, 0.15) is 52.0 Å². The second-order valence-electron chi connectivity index (χ2n) is 11.3. The number of anilines is 3. The topological polar surface area (TPSA) is 99.7 Å². The summed E-state index contributed by atoms with van der Waals surface area (Å²) in [6.45, 7) is 7.27. The molecule has 2 N–H and O–H groups in total. The molecule has 6 rings (SSSR count). The lowest BCUT2D eigenvalue weighted by Crippen LogP contribution is -2.45. The minimum Gasteiger partial charge on any atom is -0.379 e. The van der Waals surface area contributed by atoms with Crippen molar-refractivity contribution in [3.63, 3.8) is 0 Å². The van der Waals surface area contributed by atoms with Gasteiger partial charge in [0.1, 0.15) is 0 Å². The van der Waals surface area contributed by atoms with Crippen molar-refractivity contribution in [1.29, 1.82) is 0 Å². The van der Waals surface area contributed by atoms with E-state index in [1.165, 1.54) is 12.1 Å². The van der Waals surface area contributed by atoms with E-state index in [2.05, 4.69) is 20.5 Å². The van der Waals surface area contributed by atoms with Crippen LogP contribution in [0.15, 0.2) is 48.7 Å². The van der Waals surface area contributed by atoms with Crippen molar-refractivity contribution in [1.82, 2.24) is 14.9 Å². The SMILES string of the molecule is Cc1ccc(NC(=O)c2cccc(C(F)(F)F)c2)cc1N1Cc2cnc(NCCCN3CCOCC3)nc2C2(CC2)C1=O. The molecule has 0 radical (unpaired) electrons. The standard InChI is InChI=1S/C31H33F3N6O3/c1-20-6-7-24(37-27(41)21-4-2-5-23(16-21)31(32,33)34)17-25(20)40-19-22-18-36-29(38-26(22)30(8-9-30)28(40)42)35-10-3-11-39-12-14-43-15-13-39/h2,4-7,16-18H,3,8-15,19H2,1H3,(H,37,41)(H,35,36,38). The Labute approximate surface area is 247 Å². The molecular formula is C31H33F3N6O3. The minimum atomic E-state index is -4.55. The molecule has 3 aliphatic rings. The van der Waals surface area contributed by atoms with Gasteiger partial charge < -0.3 is 20.3 Å².